The van der Waals surface area contributed by atoms with Crippen molar-refractivity contribution >= 4 is 19.4 Å². The van der Waals surface area contributed by atoms with Gasteiger partial charge in [0, 0.05) is 11.1 Å². The number of rotatable bonds is 8. The summed E-state index contributed by atoms with van der Waals surface area (Å²) in [5.74, 6) is -1.45. The Balaban J connectivity index is 1.95. The van der Waals surface area contributed by atoms with E-state index in [1.165, 1.54) is 0 Å². The molecule has 2 N–H and O–H groups in total. The minimum atomic E-state index is -4.56. The summed E-state index contributed by atoms with van der Waals surface area (Å²) >= 11 is 0. The minimum absolute atomic E-state index is 0.0690. The van der Waals surface area contributed by atoms with Crippen molar-refractivity contribution in [3.05, 3.63) is 95.1 Å². The maximum Gasteiger partial charge on any atom is 0.408 e. The quantitative estimate of drug-likeness (QED) is 0.207. The monoisotopic (exact) mass is 576 g/mol. The maximum absolute atomic E-state index is 14.4. The second-order valence-electron chi connectivity index (χ2n) is 12.4. The highest BCUT2D eigenvalue weighted by atomic mass is 31.2. The van der Waals surface area contributed by atoms with E-state index in [-0.39, 0.29) is 5.92 Å². The average Bonchev–Trinajstić information content (AvgIpc) is 3.18. The molecule has 0 saturated heterocycles. The van der Waals surface area contributed by atoms with Crippen LogP contribution in [0.1, 0.15) is 76.8 Å². The molecule has 0 fully saturated rings. The molecule has 218 valence electrons. The smallest absolute Gasteiger partial charge is 0.408 e. The molecule has 7 nitrogen and oxygen atoms in total. The van der Waals surface area contributed by atoms with Crippen molar-refractivity contribution in [3.8, 4) is 11.1 Å². The average molecular weight is 577 g/mol. The zero-order chi connectivity index (χ0) is 30.2. The van der Waals surface area contributed by atoms with Crippen LogP contribution in [0.15, 0.2) is 77.8 Å². The van der Waals surface area contributed by atoms with E-state index in [4.69, 9.17) is 14.3 Å². The number of hydrogen-bond donors (Lipinski definition) is 2. The number of ether oxygens (including phenoxy) is 1. The van der Waals surface area contributed by atoms with Crippen molar-refractivity contribution in [2.75, 3.05) is 0 Å². The van der Waals surface area contributed by atoms with Crippen LogP contribution in [-0.2, 0) is 13.8 Å². The highest BCUT2D eigenvalue weighted by Crippen LogP contribution is 2.57. The molecule has 1 aliphatic carbocycles. The Kier molecular flexibility index (Phi) is 8.65. The molecule has 0 aromatic heterocycles. The summed E-state index contributed by atoms with van der Waals surface area (Å²) in [6.45, 7) is 14.7. The van der Waals surface area contributed by atoms with Crippen LogP contribution in [0.3, 0.4) is 0 Å². The van der Waals surface area contributed by atoms with Crippen molar-refractivity contribution in [1.29, 1.82) is 0 Å². The molecule has 0 aliphatic heterocycles. The first-order chi connectivity index (χ1) is 19.1. The summed E-state index contributed by atoms with van der Waals surface area (Å²) in [5, 5.41) is 2.88. The lowest BCUT2D eigenvalue weighted by Crippen LogP contribution is -2.41. The molecule has 0 spiro atoms. The molecule has 3 aromatic rings. The van der Waals surface area contributed by atoms with Crippen LogP contribution in [0.2, 0.25) is 0 Å². The Morgan fingerprint density at radius 3 is 1.90 bits per heavy atom. The van der Waals surface area contributed by atoms with Gasteiger partial charge in [0.05, 0.1) is 17.4 Å². The molecule has 3 unspecified atom stereocenters. The molecule has 3 aromatic carbocycles. The fourth-order valence-corrected chi connectivity index (χ4v) is 6.60. The van der Waals surface area contributed by atoms with Gasteiger partial charge in [-0.15, -0.1) is 0 Å². The highest BCUT2D eigenvalue weighted by molar-refractivity contribution is 7.53. The van der Waals surface area contributed by atoms with Gasteiger partial charge >= 0.3 is 13.7 Å². The molecule has 3 atom stereocenters. The zero-order valence-corrected chi connectivity index (χ0v) is 26.0. The lowest BCUT2D eigenvalue weighted by molar-refractivity contribution is 0.0418. The Hall–Kier alpha value is -3.25. The Bertz CT molecular complexity index is 1460. The first-order valence-corrected chi connectivity index (χ1v) is 15.6. The number of carbonyl (C=O) groups excluding carboxylic acids is 1. The van der Waals surface area contributed by atoms with Gasteiger partial charge in [0.1, 0.15) is 5.60 Å². The number of aryl methyl sites for hydroxylation is 1. The third-order valence-corrected chi connectivity index (χ3v) is 9.19. The van der Waals surface area contributed by atoms with Gasteiger partial charge in [0.15, 0.2) is 5.78 Å². The lowest BCUT2D eigenvalue weighted by Gasteiger charge is -2.36. The summed E-state index contributed by atoms with van der Waals surface area (Å²) in [5.41, 5.74) is 4.08. The zero-order valence-electron chi connectivity index (χ0n) is 25.1. The highest BCUT2D eigenvalue weighted by Gasteiger charge is 2.46. The van der Waals surface area contributed by atoms with Crippen LogP contribution in [0.25, 0.3) is 11.1 Å². The van der Waals surface area contributed by atoms with E-state index in [1.54, 1.807) is 34.6 Å². The van der Waals surface area contributed by atoms with E-state index >= 15 is 0 Å². The largest absolute Gasteiger partial charge is 0.444 e. The fraction of sp³-hybridized carbons (Fsp3) is 0.394. The van der Waals surface area contributed by atoms with E-state index in [1.807, 2.05) is 93.6 Å². The number of amides is 1. The molecule has 1 aliphatic rings. The SMILES string of the molecule is Cc1cccc(C(NC(=O)OC(C)(C)C)C(N=C2c3ccccc3-c3ccccc32)P(=O)(O)OC(C)(C)C(C)C)c1. The van der Waals surface area contributed by atoms with E-state index in [0.717, 1.165) is 27.8 Å². The summed E-state index contributed by atoms with van der Waals surface area (Å²) in [4.78, 5) is 30.0. The number of carbonyl (C=O) groups is 1. The normalized spacial score (nSPS) is 15.9. The molecule has 0 radical (unpaired) electrons. The van der Waals surface area contributed by atoms with Crippen LogP contribution < -0.4 is 5.32 Å². The number of nitrogens with one attached hydrogen (secondary N) is 1. The van der Waals surface area contributed by atoms with Gasteiger partial charge in [-0.25, -0.2) is 4.79 Å². The number of benzene rings is 3. The Morgan fingerprint density at radius 2 is 1.41 bits per heavy atom. The van der Waals surface area contributed by atoms with E-state index in [0.29, 0.717) is 11.3 Å². The molecule has 41 heavy (non-hydrogen) atoms. The number of hydrogen-bond acceptors (Lipinski definition) is 5. The Morgan fingerprint density at radius 1 is 0.878 bits per heavy atom. The topological polar surface area (TPSA) is 97.2 Å². The van der Waals surface area contributed by atoms with Crippen LogP contribution in [0, 0.1) is 12.8 Å². The molecule has 8 heteroatoms. The second-order valence-corrected chi connectivity index (χ2v) is 14.3. The van der Waals surface area contributed by atoms with Crippen LogP contribution >= 0.6 is 7.60 Å². The van der Waals surface area contributed by atoms with Gasteiger partial charge in [-0.1, -0.05) is 92.2 Å². The fourth-order valence-electron chi connectivity index (χ4n) is 4.73. The molecular weight excluding hydrogens is 535 g/mol. The van der Waals surface area contributed by atoms with Crippen molar-refractivity contribution in [1.82, 2.24) is 5.32 Å². The molecular formula is C33H41N2O5P. The number of aliphatic imine (C=N–C) groups is 1. The number of alkyl carbamates (subject to hydrolysis) is 1. The lowest BCUT2D eigenvalue weighted by atomic mass is 9.95. The second kappa shape index (κ2) is 11.6. The molecule has 0 heterocycles. The summed E-state index contributed by atoms with van der Waals surface area (Å²) < 4.78 is 26.1. The number of nitrogens with zero attached hydrogens (tertiary/aromatic N) is 1. The standard InChI is InChI=1S/C33H41N2O5P/c1-21(2)33(7,8)40-41(37,38)30(28(23-15-13-14-22(3)20-23)35-31(36)39-32(4,5)6)34-29-26-18-11-9-16-24(26)25-17-10-12-19-27(25)29/h9-21,28,30H,1-8H3,(H,35,36)(H,37,38). The van der Waals surface area contributed by atoms with Gasteiger partial charge in [-0.3, -0.25) is 9.56 Å². The molecule has 4 rings (SSSR count). The van der Waals surface area contributed by atoms with Crippen molar-refractivity contribution in [2.45, 2.75) is 78.4 Å². The maximum atomic E-state index is 14.4. The molecule has 0 saturated carbocycles. The Labute approximate surface area is 243 Å². The molecule has 0 bridgehead atoms. The van der Waals surface area contributed by atoms with E-state index in [9.17, 15) is 14.3 Å². The first-order valence-electron chi connectivity index (χ1n) is 14.0. The molecule has 1 amide bonds. The van der Waals surface area contributed by atoms with Crippen molar-refractivity contribution in [3.63, 3.8) is 0 Å². The predicted molar refractivity (Wildman–Crippen MR) is 164 cm³/mol. The van der Waals surface area contributed by atoms with E-state index in [2.05, 4.69) is 5.32 Å². The summed E-state index contributed by atoms with van der Waals surface area (Å²) in [6, 6.07) is 22.1. The van der Waals surface area contributed by atoms with Gasteiger partial charge in [-0.2, -0.15) is 0 Å². The predicted octanol–water partition coefficient (Wildman–Crippen LogP) is 8.04. The summed E-state index contributed by atoms with van der Waals surface area (Å²) in [6.07, 6.45) is -0.718. The third-order valence-electron chi connectivity index (χ3n) is 7.38. The van der Waals surface area contributed by atoms with Gasteiger partial charge in [0.2, 0.25) is 0 Å². The van der Waals surface area contributed by atoms with Gasteiger partial charge in [0.25, 0.3) is 0 Å². The van der Waals surface area contributed by atoms with Gasteiger partial charge in [-0.05, 0) is 64.2 Å². The van der Waals surface area contributed by atoms with E-state index < -0.39 is 36.7 Å². The van der Waals surface area contributed by atoms with Crippen LogP contribution in [0.4, 0.5) is 4.79 Å². The van der Waals surface area contributed by atoms with Gasteiger partial charge < -0.3 is 19.5 Å². The van der Waals surface area contributed by atoms with Crippen LogP contribution in [0.5, 0.6) is 0 Å². The first kappa shape index (κ1) is 30.7. The van der Waals surface area contributed by atoms with Crippen molar-refractivity contribution in [2.24, 2.45) is 10.9 Å². The van der Waals surface area contributed by atoms with Crippen LogP contribution in [-0.4, -0.2) is 33.7 Å². The minimum Gasteiger partial charge on any atom is -0.444 e. The summed E-state index contributed by atoms with van der Waals surface area (Å²) in [7, 11) is -4.56. The number of fused-ring (bicyclic) bond motifs is 3. The third kappa shape index (κ3) is 6.98. The van der Waals surface area contributed by atoms with Crippen molar-refractivity contribution < 1.29 is 23.5 Å².